The molecule has 0 aliphatic carbocycles. The quantitative estimate of drug-likeness (QED) is 0.218. The first kappa shape index (κ1) is 22.6. The van der Waals surface area contributed by atoms with Gasteiger partial charge in [0.2, 0.25) is 0 Å². The van der Waals surface area contributed by atoms with Gasteiger partial charge in [-0.3, -0.25) is 0 Å². The molecule has 188 valence electrons. The van der Waals surface area contributed by atoms with Gasteiger partial charge in [0, 0.05) is 27.8 Å². The molecule has 0 unspecified atom stereocenters. The number of benzene rings is 7. The normalized spacial score (nSPS) is 11.5. The molecule has 0 aliphatic rings. The van der Waals surface area contributed by atoms with E-state index in [1.807, 2.05) is 12.1 Å². The number of hydrogen-bond donors (Lipinski definition) is 0. The molecule has 0 amide bonds. The second-order valence-electron chi connectivity index (χ2n) is 10.2. The monoisotopic (exact) mass is 511 g/mol. The summed E-state index contributed by atoms with van der Waals surface area (Å²) in [6, 6.07) is 53.8. The van der Waals surface area contributed by atoms with Crippen LogP contribution < -0.4 is 4.90 Å². The molecule has 7 aromatic carbocycles. The van der Waals surface area contributed by atoms with E-state index in [0.29, 0.717) is 0 Å². The Bertz CT molecular complexity index is 2140. The van der Waals surface area contributed by atoms with E-state index in [4.69, 9.17) is 4.42 Å². The van der Waals surface area contributed by atoms with E-state index in [9.17, 15) is 0 Å². The predicted molar refractivity (Wildman–Crippen MR) is 169 cm³/mol. The van der Waals surface area contributed by atoms with Crippen LogP contribution in [0.2, 0.25) is 0 Å². The van der Waals surface area contributed by atoms with Crippen LogP contribution in [0.15, 0.2) is 156 Å². The van der Waals surface area contributed by atoms with Crippen molar-refractivity contribution < 1.29 is 4.42 Å². The summed E-state index contributed by atoms with van der Waals surface area (Å²) in [6.07, 6.45) is 0. The van der Waals surface area contributed by atoms with Crippen molar-refractivity contribution >= 4 is 60.5 Å². The molecule has 0 saturated carbocycles. The predicted octanol–water partition coefficient (Wildman–Crippen LogP) is 11.0. The minimum atomic E-state index is 0.926. The number of hydrogen-bond acceptors (Lipinski definition) is 2. The van der Waals surface area contributed by atoms with Crippen LogP contribution in [0.1, 0.15) is 0 Å². The van der Waals surface area contributed by atoms with E-state index in [0.717, 1.165) is 39.0 Å². The molecular formula is C38H25NO. The van der Waals surface area contributed by atoms with Gasteiger partial charge in [0.1, 0.15) is 11.2 Å². The molecule has 1 aromatic heterocycles. The summed E-state index contributed by atoms with van der Waals surface area (Å²) in [4.78, 5) is 2.32. The van der Waals surface area contributed by atoms with Crippen molar-refractivity contribution in [1.82, 2.24) is 0 Å². The van der Waals surface area contributed by atoms with E-state index in [1.54, 1.807) is 0 Å². The van der Waals surface area contributed by atoms with Gasteiger partial charge in [0.25, 0.3) is 0 Å². The van der Waals surface area contributed by atoms with E-state index >= 15 is 0 Å². The summed E-state index contributed by atoms with van der Waals surface area (Å²) >= 11 is 0. The summed E-state index contributed by atoms with van der Waals surface area (Å²) in [7, 11) is 0. The Morgan fingerprint density at radius 3 is 1.77 bits per heavy atom. The van der Waals surface area contributed by atoms with Gasteiger partial charge in [-0.2, -0.15) is 0 Å². The van der Waals surface area contributed by atoms with Gasteiger partial charge in [-0.25, -0.2) is 0 Å². The maximum atomic E-state index is 6.22. The first-order valence-corrected chi connectivity index (χ1v) is 13.6. The second-order valence-corrected chi connectivity index (χ2v) is 10.2. The van der Waals surface area contributed by atoms with E-state index in [1.165, 1.54) is 32.7 Å². The molecule has 0 saturated heterocycles. The van der Waals surface area contributed by atoms with Crippen LogP contribution >= 0.6 is 0 Å². The standard InChI is InChI=1S/C38H25NO/c1-3-9-26(10-4-1)27-17-19-31(20-18-27)39(30-11-5-2-6-12-30)32-21-22-33-28(23-32)15-16-29-24-36-34-13-7-8-14-37(34)40-38(36)25-35(29)33/h1-25H. The Balaban J connectivity index is 1.26. The zero-order valence-electron chi connectivity index (χ0n) is 21.8. The molecule has 8 aromatic rings. The van der Waals surface area contributed by atoms with Crippen molar-refractivity contribution in [2.24, 2.45) is 0 Å². The van der Waals surface area contributed by atoms with Crippen molar-refractivity contribution in [2.75, 3.05) is 4.90 Å². The van der Waals surface area contributed by atoms with Gasteiger partial charge in [0.15, 0.2) is 0 Å². The smallest absolute Gasteiger partial charge is 0.136 e. The zero-order chi connectivity index (χ0) is 26.5. The largest absolute Gasteiger partial charge is 0.456 e. The number of fused-ring (bicyclic) bond motifs is 6. The Hall–Kier alpha value is -5.34. The number of para-hydroxylation sites is 2. The molecule has 0 fully saturated rings. The third-order valence-corrected chi connectivity index (χ3v) is 7.82. The molecule has 0 spiro atoms. The molecule has 40 heavy (non-hydrogen) atoms. The third kappa shape index (κ3) is 3.73. The minimum absolute atomic E-state index is 0.926. The maximum absolute atomic E-state index is 6.22. The van der Waals surface area contributed by atoms with Crippen LogP contribution in [-0.2, 0) is 0 Å². The number of nitrogens with zero attached hydrogens (tertiary/aromatic N) is 1. The molecule has 2 nitrogen and oxygen atoms in total. The highest BCUT2D eigenvalue weighted by Crippen LogP contribution is 2.39. The zero-order valence-corrected chi connectivity index (χ0v) is 21.8. The highest BCUT2D eigenvalue weighted by atomic mass is 16.3. The van der Waals surface area contributed by atoms with Crippen molar-refractivity contribution in [2.45, 2.75) is 0 Å². The number of anilines is 3. The van der Waals surface area contributed by atoms with E-state index in [-0.39, 0.29) is 0 Å². The van der Waals surface area contributed by atoms with E-state index < -0.39 is 0 Å². The Labute approximate surface area is 232 Å². The number of furan rings is 1. The average molecular weight is 512 g/mol. The second kappa shape index (κ2) is 9.14. The molecule has 0 bridgehead atoms. The summed E-state index contributed by atoms with van der Waals surface area (Å²) in [6.45, 7) is 0. The molecule has 0 N–H and O–H groups in total. The lowest BCUT2D eigenvalue weighted by molar-refractivity contribution is 0.669. The first-order valence-electron chi connectivity index (χ1n) is 13.6. The lowest BCUT2D eigenvalue weighted by Gasteiger charge is -2.26. The van der Waals surface area contributed by atoms with Crippen LogP contribution in [0.3, 0.4) is 0 Å². The fourth-order valence-electron chi connectivity index (χ4n) is 5.87. The van der Waals surface area contributed by atoms with Crippen LogP contribution in [0.25, 0.3) is 54.6 Å². The lowest BCUT2D eigenvalue weighted by Crippen LogP contribution is -2.09. The van der Waals surface area contributed by atoms with Gasteiger partial charge < -0.3 is 9.32 Å². The third-order valence-electron chi connectivity index (χ3n) is 7.82. The van der Waals surface area contributed by atoms with Gasteiger partial charge in [-0.15, -0.1) is 0 Å². The minimum Gasteiger partial charge on any atom is -0.456 e. The highest BCUT2D eigenvalue weighted by molar-refractivity contribution is 6.16. The van der Waals surface area contributed by atoms with Gasteiger partial charge in [-0.1, -0.05) is 97.1 Å². The van der Waals surface area contributed by atoms with Crippen molar-refractivity contribution in [3.05, 3.63) is 152 Å². The molecule has 0 radical (unpaired) electrons. The summed E-state index contributed by atoms with van der Waals surface area (Å²) in [5.41, 5.74) is 7.64. The van der Waals surface area contributed by atoms with Crippen molar-refractivity contribution in [1.29, 1.82) is 0 Å². The molecule has 8 rings (SSSR count). The van der Waals surface area contributed by atoms with Crippen molar-refractivity contribution in [3.8, 4) is 11.1 Å². The molecule has 0 atom stereocenters. The van der Waals surface area contributed by atoms with Gasteiger partial charge >= 0.3 is 0 Å². The lowest BCUT2D eigenvalue weighted by atomic mass is 9.99. The van der Waals surface area contributed by atoms with Crippen LogP contribution in [0.5, 0.6) is 0 Å². The molecular weight excluding hydrogens is 486 g/mol. The maximum Gasteiger partial charge on any atom is 0.136 e. The molecule has 0 aliphatic heterocycles. The van der Waals surface area contributed by atoms with Crippen LogP contribution in [0.4, 0.5) is 17.1 Å². The average Bonchev–Trinajstić information content (AvgIpc) is 3.39. The Morgan fingerprint density at radius 1 is 0.350 bits per heavy atom. The fourth-order valence-corrected chi connectivity index (χ4v) is 5.87. The highest BCUT2D eigenvalue weighted by Gasteiger charge is 2.15. The van der Waals surface area contributed by atoms with E-state index in [2.05, 4.69) is 144 Å². The summed E-state index contributed by atoms with van der Waals surface area (Å²) in [5.74, 6) is 0. The first-order chi connectivity index (χ1) is 19.8. The van der Waals surface area contributed by atoms with Crippen LogP contribution in [-0.4, -0.2) is 0 Å². The Kier molecular flexibility index (Phi) is 5.17. The van der Waals surface area contributed by atoms with Crippen LogP contribution in [0, 0.1) is 0 Å². The topological polar surface area (TPSA) is 16.4 Å². The summed E-state index contributed by atoms with van der Waals surface area (Å²) < 4.78 is 6.22. The number of rotatable bonds is 4. The summed E-state index contributed by atoms with van der Waals surface area (Å²) in [5, 5.41) is 7.16. The van der Waals surface area contributed by atoms with Gasteiger partial charge in [-0.05, 0) is 87.3 Å². The molecule has 2 heteroatoms. The fraction of sp³-hybridized carbons (Fsp3) is 0. The van der Waals surface area contributed by atoms with Gasteiger partial charge in [0.05, 0.1) is 0 Å². The molecule has 1 heterocycles. The SMILES string of the molecule is c1ccc(-c2ccc(N(c3ccccc3)c3ccc4c(ccc5cc6c(cc54)oc4ccccc46)c3)cc2)cc1. The Morgan fingerprint density at radius 2 is 0.975 bits per heavy atom. The van der Waals surface area contributed by atoms with Crippen molar-refractivity contribution in [3.63, 3.8) is 0 Å².